The molecule has 1 aliphatic rings. The molecule has 102 valence electrons. The summed E-state index contributed by atoms with van der Waals surface area (Å²) in [5.74, 6) is 1.22. The number of nitrogens with two attached hydrogens (primary N) is 1. The van der Waals surface area contributed by atoms with Crippen LogP contribution in [0.3, 0.4) is 0 Å². The molecule has 2 rings (SSSR count). The van der Waals surface area contributed by atoms with Gasteiger partial charge in [0.15, 0.2) is 0 Å². The number of thioether (sulfide) groups is 1. The number of thiazole rings is 1. The number of rotatable bonds is 3. The van der Waals surface area contributed by atoms with E-state index in [0.717, 1.165) is 11.6 Å². The van der Waals surface area contributed by atoms with Crippen molar-refractivity contribution in [2.45, 2.75) is 44.5 Å². The summed E-state index contributed by atoms with van der Waals surface area (Å²) >= 11 is 3.77. The van der Waals surface area contributed by atoms with E-state index in [1.807, 2.05) is 6.92 Å². The molecular weight excluding hydrogens is 262 g/mol. The van der Waals surface area contributed by atoms with Crippen molar-refractivity contribution in [1.82, 2.24) is 9.88 Å². The molecule has 1 unspecified atom stereocenters. The lowest BCUT2D eigenvalue weighted by atomic mass is 10.1. The van der Waals surface area contributed by atoms with Crippen molar-refractivity contribution in [1.29, 1.82) is 0 Å². The Balaban J connectivity index is 1.92. The number of aromatic nitrogens is 1. The van der Waals surface area contributed by atoms with Gasteiger partial charge in [-0.15, -0.1) is 11.3 Å². The number of nitrogens with zero attached hydrogens (tertiary/aromatic N) is 2. The maximum absolute atomic E-state index is 5.85. The Bertz CT molecular complexity index is 387. The maximum Gasteiger partial charge on any atom is 0.109 e. The summed E-state index contributed by atoms with van der Waals surface area (Å²) in [6.45, 7) is 9.99. The molecule has 18 heavy (non-hydrogen) atoms. The van der Waals surface area contributed by atoms with Crippen molar-refractivity contribution in [3.05, 3.63) is 16.1 Å². The van der Waals surface area contributed by atoms with E-state index in [2.05, 4.69) is 40.9 Å². The third-order valence-corrected chi connectivity index (χ3v) is 5.74. The van der Waals surface area contributed by atoms with Crippen LogP contribution in [0.2, 0.25) is 0 Å². The highest BCUT2D eigenvalue weighted by molar-refractivity contribution is 8.00. The first-order valence-corrected chi connectivity index (χ1v) is 8.39. The van der Waals surface area contributed by atoms with Gasteiger partial charge in [-0.25, -0.2) is 4.98 Å². The first-order chi connectivity index (χ1) is 8.46. The van der Waals surface area contributed by atoms with Crippen LogP contribution in [0.4, 0.5) is 0 Å². The predicted octanol–water partition coefficient (Wildman–Crippen LogP) is 2.88. The highest BCUT2D eigenvalue weighted by atomic mass is 32.2. The van der Waals surface area contributed by atoms with Gasteiger partial charge in [-0.05, 0) is 19.9 Å². The fourth-order valence-corrected chi connectivity index (χ4v) is 3.96. The predicted molar refractivity (Wildman–Crippen MR) is 81.1 cm³/mol. The summed E-state index contributed by atoms with van der Waals surface area (Å²) in [7, 11) is 0. The van der Waals surface area contributed by atoms with Crippen molar-refractivity contribution < 1.29 is 0 Å². The largest absolute Gasteiger partial charge is 0.322 e. The third-order valence-electron chi connectivity index (χ3n) is 3.28. The van der Waals surface area contributed by atoms with Crippen molar-refractivity contribution in [3.63, 3.8) is 0 Å². The minimum absolute atomic E-state index is 0.0578. The molecule has 1 atom stereocenters. The Morgan fingerprint density at radius 1 is 1.50 bits per heavy atom. The highest BCUT2D eigenvalue weighted by Crippen LogP contribution is 2.31. The molecule has 1 aliphatic heterocycles. The average Bonchev–Trinajstić information content (AvgIpc) is 2.67. The summed E-state index contributed by atoms with van der Waals surface area (Å²) in [5.41, 5.74) is 7.03. The van der Waals surface area contributed by atoms with Crippen LogP contribution >= 0.6 is 23.1 Å². The van der Waals surface area contributed by atoms with Crippen LogP contribution in [0.5, 0.6) is 0 Å². The van der Waals surface area contributed by atoms with E-state index >= 15 is 0 Å². The smallest absolute Gasteiger partial charge is 0.109 e. The van der Waals surface area contributed by atoms with E-state index in [4.69, 9.17) is 5.73 Å². The molecule has 1 aromatic heterocycles. The monoisotopic (exact) mass is 285 g/mol. The van der Waals surface area contributed by atoms with Crippen molar-refractivity contribution >= 4 is 23.1 Å². The molecule has 1 aromatic rings. The van der Waals surface area contributed by atoms with Crippen molar-refractivity contribution in [2.24, 2.45) is 5.73 Å². The Morgan fingerprint density at radius 2 is 2.28 bits per heavy atom. The maximum atomic E-state index is 5.85. The average molecular weight is 285 g/mol. The first kappa shape index (κ1) is 14.3. The van der Waals surface area contributed by atoms with E-state index < -0.39 is 0 Å². The molecule has 0 saturated carbocycles. The standard InChI is InChI=1S/C13H23N3S2/c1-10(14)12-15-11(9-17-12)8-16-5-4-13(2,3)18-7-6-16/h9-10H,4-8,14H2,1-3H3. The van der Waals surface area contributed by atoms with E-state index in [0.29, 0.717) is 4.75 Å². The van der Waals surface area contributed by atoms with Crippen molar-refractivity contribution in [2.75, 3.05) is 18.8 Å². The molecule has 5 heteroatoms. The van der Waals surface area contributed by atoms with Gasteiger partial charge >= 0.3 is 0 Å². The van der Waals surface area contributed by atoms with Gasteiger partial charge in [-0.1, -0.05) is 13.8 Å². The lowest BCUT2D eigenvalue weighted by Crippen LogP contribution is -2.27. The second-order valence-corrected chi connectivity index (χ2v) is 8.29. The molecule has 1 saturated heterocycles. The van der Waals surface area contributed by atoms with E-state index in [9.17, 15) is 0 Å². The molecule has 0 amide bonds. The first-order valence-electron chi connectivity index (χ1n) is 6.52. The topological polar surface area (TPSA) is 42.1 Å². The second kappa shape index (κ2) is 5.90. The van der Waals surface area contributed by atoms with Crippen LogP contribution in [0.1, 0.15) is 43.9 Å². The molecule has 2 heterocycles. The molecule has 3 nitrogen and oxygen atoms in total. The summed E-state index contributed by atoms with van der Waals surface area (Å²) in [6.07, 6.45) is 1.25. The van der Waals surface area contributed by atoms with Gasteiger partial charge in [0.1, 0.15) is 5.01 Å². The van der Waals surface area contributed by atoms with E-state index in [1.165, 1.54) is 31.0 Å². The molecule has 0 aromatic carbocycles. The summed E-state index contributed by atoms with van der Waals surface area (Å²) in [5, 5.41) is 3.21. The summed E-state index contributed by atoms with van der Waals surface area (Å²) in [6, 6.07) is 0.0578. The minimum atomic E-state index is 0.0578. The Morgan fingerprint density at radius 3 is 2.94 bits per heavy atom. The third kappa shape index (κ3) is 3.95. The van der Waals surface area contributed by atoms with Gasteiger partial charge in [-0.3, -0.25) is 4.90 Å². The van der Waals surface area contributed by atoms with Crippen LogP contribution in [-0.2, 0) is 6.54 Å². The second-order valence-electron chi connectivity index (χ2n) is 5.60. The SMILES string of the molecule is CC(N)c1nc(CN2CCSC(C)(C)CC2)cs1. The zero-order chi connectivity index (χ0) is 13.2. The van der Waals surface area contributed by atoms with Gasteiger partial charge in [0, 0.05) is 29.0 Å². The zero-order valence-electron chi connectivity index (χ0n) is 11.5. The van der Waals surface area contributed by atoms with Crippen LogP contribution in [-0.4, -0.2) is 33.5 Å². The number of hydrogen-bond acceptors (Lipinski definition) is 5. The highest BCUT2D eigenvalue weighted by Gasteiger charge is 2.23. The van der Waals surface area contributed by atoms with Crippen LogP contribution in [0.25, 0.3) is 0 Å². The fourth-order valence-electron chi connectivity index (χ4n) is 2.05. The fraction of sp³-hybridized carbons (Fsp3) is 0.769. The van der Waals surface area contributed by atoms with Gasteiger partial charge in [0.25, 0.3) is 0 Å². The van der Waals surface area contributed by atoms with Crippen LogP contribution < -0.4 is 5.73 Å². The van der Waals surface area contributed by atoms with E-state index in [1.54, 1.807) is 11.3 Å². The Labute approximate surface area is 118 Å². The van der Waals surface area contributed by atoms with E-state index in [-0.39, 0.29) is 6.04 Å². The molecule has 0 bridgehead atoms. The molecule has 1 fully saturated rings. The number of hydrogen-bond donors (Lipinski definition) is 1. The normalized spacial score (nSPS) is 22.7. The van der Waals surface area contributed by atoms with Gasteiger partial charge < -0.3 is 5.73 Å². The quantitative estimate of drug-likeness (QED) is 0.927. The Hall–Kier alpha value is -0.100. The van der Waals surface area contributed by atoms with Gasteiger partial charge in [0.2, 0.25) is 0 Å². The summed E-state index contributed by atoms with van der Waals surface area (Å²) in [4.78, 5) is 7.13. The van der Waals surface area contributed by atoms with Crippen LogP contribution in [0, 0.1) is 0 Å². The summed E-state index contributed by atoms with van der Waals surface area (Å²) < 4.78 is 0.424. The molecule has 0 spiro atoms. The molecular formula is C13H23N3S2. The lowest BCUT2D eigenvalue weighted by molar-refractivity contribution is 0.273. The molecule has 2 N–H and O–H groups in total. The van der Waals surface area contributed by atoms with Gasteiger partial charge in [-0.2, -0.15) is 11.8 Å². The zero-order valence-corrected chi connectivity index (χ0v) is 13.1. The minimum Gasteiger partial charge on any atom is -0.322 e. The lowest BCUT2D eigenvalue weighted by Gasteiger charge is -2.22. The Kier molecular flexibility index (Phi) is 4.69. The van der Waals surface area contributed by atoms with Crippen LogP contribution in [0.15, 0.2) is 5.38 Å². The molecule has 0 aliphatic carbocycles. The van der Waals surface area contributed by atoms with Gasteiger partial charge in [0.05, 0.1) is 11.7 Å². The van der Waals surface area contributed by atoms with Crippen molar-refractivity contribution in [3.8, 4) is 0 Å². The molecule has 0 radical (unpaired) electrons.